The van der Waals surface area contributed by atoms with E-state index in [4.69, 9.17) is 4.42 Å². The Morgan fingerprint density at radius 3 is 2.55 bits per heavy atom. The Labute approximate surface area is 136 Å². The molecule has 22 heavy (non-hydrogen) atoms. The third-order valence-corrected chi connectivity index (χ3v) is 3.28. The van der Waals surface area contributed by atoms with Crippen molar-refractivity contribution >= 4 is 33.8 Å². The standard InChI is InChI=1S/C16H15BrN2O3/c1-2-18-15(20)13(10-11-5-7-12(17)8-6-11)19-16(21)14-4-3-9-22-14/h3-10H,2H2,1H3,(H,18,20)(H,19,21)/b13-10-. The van der Waals surface area contributed by atoms with Crippen LogP contribution in [0.2, 0.25) is 0 Å². The molecule has 0 spiro atoms. The van der Waals surface area contributed by atoms with Crippen LogP contribution in [-0.2, 0) is 4.79 Å². The highest BCUT2D eigenvalue weighted by Gasteiger charge is 2.15. The first-order chi connectivity index (χ1) is 10.6. The van der Waals surface area contributed by atoms with E-state index in [-0.39, 0.29) is 17.4 Å². The molecule has 1 aromatic carbocycles. The van der Waals surface area contributed by atoms with Crippen molar-refractivity contribution in [3.05, 3.63) is 64.2 Å². The summed E-state index contributed by atoms with van der Waals surface area (Å²) in [5.74, 6) is -0.684. The van der Waals surface area contributed by atoms with Gasteiger partial charge in [-0.2, -0.15) is 0 Å². The topological polar surface area (TPSA) is 71.3 Å². The molecule has 0 aliphatic rings. The van der Waals surface area contributed by atoms with Crippen LogP contribution in [0, 0.1) is 0 Å². The fraction of sp³-hybridized carbons (Fsp3) is 0.125. The van der Waals surface area contributed by atoms with Crippen molar-refractivity contribution in [2.45, 2.75) is 6.92 Å². The Kier molecular flexibility index (Phi) is 5.55. The van der Waals surface area contributed by atoms with E-state index < -0.39 is 5.91 Å². The van der Waals surface area contributed by atoms with Crippen LogP contribution in [-0.4, -0.2) is 18.4 Å². The Morgan fingerprint density at radius 1 is 1.23 bits per heavy atom. The Hall–Kier alpha value is -2.34. The number of hydrogen-bond acceptors (Lipinski definition) is 3. The summed E-state index contributed by atoms with van der Waals surface area (Å²) in [7, 11) is 0. The number of carbonyl (C=O) groups excluding carboxylic acids is 2. The number of likely N-dealkylation sites (N-methyl/N-ethyl adjacent to an activating group) is 1. The van der Waals surface area contributed by atoms with Crippen molar-refractivity contribution < 1.29 is 14.0 Å². The molecule has 0 bridgehead atoms. The van der Waals surface area contributed by atoms with Crippen LogP contribution in [0.15, 0.2) is 57.2 Å². The van der Waals surface area contributed by atoms with E-state index in [1.165, 1.54) is 12.3 Å². The largest absolute Gasteiger partial charge is 0.459 e. The first-order valence-electron chi connectivity index (χ1n) is 6.70. The maximum Gasteiger partial charge on any atom is 0.291 e. The molecule has 2 N–H and O–H groups in total. The van der Waals surface area contributed by atoms with Gasteiger partial charge in [-0.05, 0) is 42.8 Å². The maximum absolute atomic E-state index is 12.1. The van der Waals surface area contributed by atoms with E-state index in [9.17, 15) is 9.59 Å². The molecular formula is C16H15BrN2O3. The third kappa shape index (κ3) is 4.33. The monoisotopic (exact) mass is 362 g/mol. The number of rotatable bonds is 5. The molecule has 0 atom stereocenters. The normalized spacial score (nSPS) is 11.1. The first-order valence-corrected chi connectivity index (χ1v) is 7.49. The van der Waals surface area contributed by atoms with Gasteiger partial charge in [0.2, 0.25) is 0 Å². The van der Waals surface area contributed by atoms with Crippen LogP contribution < -0.4 is 10.6 Å². The van der Waals surface area contributed by atoms with Gasteiger partial charge in [0.15, 0.2) is 5.76 Å². The molecule has 6 heteroatoms. The molecule has 0 fully saturated rings. The fourth-order valence-corrected chi connectivity index (χ4v) is 2.00. The molecule has 5 nitrogen and oxygen atoms in total. The molecule has 2 aromatic rings. The molecule has 1 aromatic heterocycles. The van der Waals surface area contributed by atoms with E-state index in [1.807, 2.05) is 31.2 Å². The molecule has 114 valence electrons. The van der Waals surface area contributed by atoms with Gasteiger partial charge in [-0.25, -0.2) is 0 Å². The Balaban J connectivity index is 2.24. The summed E-state index contributed by atoms with van der Waals surface area (Å²) in [6, 6.07) is 10.5. The highest BCUT2D eigenvalue weighted by atomic mass is 79.9. The van der Waals surface area contributed by atoms with Crippen molar-refractivity contribution in [3.8, 4) is 0 Å². The lowest BCUT2D eigenvalue weighted by Crippen LogP contribution is -2.34. The summed E-state index contributed by atoms with van der Waals surface area (Å²) in [6.07, 6.45) is 3.01. The summed E-state index contributed by atoms with van der Waals surface area (Å²) in [4.78, 5) is 24.1. The zero-order valence-electron chi connectivity index (χ0n) is 11.9. The van der Waals surface area contributed by atoms with Crippen molar-refractivity contribution in [2.75, 3.05) is 6.54 Å². The number of furan rings is 1. The quantitative estimate of drug-likeness (QED) is 0.803. The highest BCUT2D eigenvalue weighted by molar-refractivity contribution is 9.10. The predicted molar refractivity (Wildman–Crippen MR) is 87.0 cm³/mol. The summed E-state index contributed by atoms with van der Waals surface area (Å²) in [5, 5.41) is 5.24. The van der Waals surface area contributed by atoms with Crippen LogP contribution in [0.4, 0.5) is 0 Å². The number of benzene rings is 1. The van der Waals surface area contributed by atoms with Crippen molar-refractivity contribution in [2.24, 2.45) is 0 Å². The molecule has 2 rings (SSSR count). The lowest BCUT2D eigenvalue weighted by molar-refractivity contribution is -0.117. The van der Waals surface area contributed by atoms with Crippen LogP contribution in [0.1, 0.15) is 23.0 Å². The SMILES string of the molecule is CCNC(=O)/C(=C/c1ccc(Br)cc1)NC(=O)c1ccco1. The molecule has 0 aliphatic heterocycles. The second-order valence-corrected chi connectivity index (χ2v) is 5.32. The molecule has 0 radical (unpaired) electrons. The van der Waals surface area contributed by atoms with E-state index in [0.29, 0.717) is 6.54 Å². The summed E-state index contributed by atoms with van der Waals surface area (Å²) in [6.45, 7) is 2.27. The second-order valence-electron chi connectivity index (χ2n) is 4.40. The molecule has 2 amide bonds. The van der Waals surface area contributed by atoms with Gasteiger partial charge in [0.25, 0.3) is 11.8 Å². The van der Waals surface area contributed by atoms with Crippen LogP contribution in [0.3, 0.4) is 0 Å². The zero-order chi connectivity index (χ0) is 15.9. The van der Waals surface area contributed by atoms with Gasteiger partial charge < -0.3 is 15.1 Å². The van der Waals surface area contributed by atoms with Gasteiger partial charge in [-0.1, -0.05) is 28.1 Å². The third-order valence-electron chi connectivity index (χ3n) is 2.76. The molecule has 1 heterocycles. The van der Waals surface area contributed by atoms with Crippen molar-refractivity contribution in [1.82, 2.24) is 10.6 Å². The van der Waals surface area contributed by atoms with Gasteiger partial charge >= 0.3 is 0 Å². The maximum atomic E-state index is 12.1. The number of halogens is 1. The minimum Gasteiger partial charge on any atom is -0.459 e. The molecule has 0 unspecified atom stereocenters. The number of amides is 2. The minimum absolute atomic E-state index is 0.144. The summed E-state index contributed by atoms with van der Waals surface area (Å²) < 4.78 is 5.96. The minimum atomic E-state index is -0.473. The Bertz CT molecular complexity index is 676. The van der Waals surface area contributed by atoms with E-state index in [1.54, 1.807) is 12.1 Å². The van der Waals surface area contributed by atoms with E-state index in [2.05, 4.69) is 26.6 Å². The average Bonchev–Trinajstić information content (AvgIpc) is 3.03. The van der Waals surface area contributed by atoms with Gasteiger partial charge in [0.1, 0.15) is 5.70 Å². The van der Waals surface area contributed by atoms with Crippen LogP contribution in [0.5, 0.6) is 0 Å². The van der Waals surface area contributed by atoms with Gasteiger partial charge in [0, 0.05) is 11.0 Å². The van der Waals surface area contributed by atoms with Gasteiger partial charge in [-0.15, -0.1) is 0 Å². The lowest BCUT2D eigenvalue weighted by atomic mass is 10.2. The predicted octanol–water partition coefficient (Wildman–Crippen LogP) is 2.95. The molecule has 0 saturated heterocycles. The molecule has 0 saturated carbocycles. The van der Waals surface area contributed by atoms with Crippen molar-refractivity contribution in [1.29, 1.82) is 0 Å². The highest BCUT2D eigenvalue weighted by Crippen LogP contribution is 2.13. The van der Waals surface area contributed by atoms with E-state index >= 15 is 0 Å². The second kappa shape index (κ2) is 7.61. The van der Waals surface area contributed by atoms with Gasteiger partial charge in [0.05, 0.1) is 6.26 Å². The average molecular weight is 363 g/mol. The molecule has 0 aliphatic carbocycles. The Morgan fingerprint density at radius 2 is 1.95 bits per heavy atom. The smallest absolute Gasteiger partial charge is 0.291 e. The van der Waals surface area contributed by atoms with Gasteiger partial charge in [-0.3, -0.25) is 9.59 Å². The summed E-state index contributed by atoms with van der Waals surface area (Å²) >= 11 is 3.35. The zero-order valence-corrected chi connectivity index (χ0v) is 13.5. The number of hydrogen-bond donors (Lipinski definition) is 2. The fourth-order valence-electron chi connectivity index (χ4n) is 1.73. The summed E-state index contributed by atoms with van der Waals surface area (Å²) in [5.41, 5.74) is 0.953. The van der Waals surface area contributed by atoms with Crippen LogP contribution in [0.25, 0.3) is 6.08 Å². The number of carbonyl (C=O) groups is 2. The van der Waals surface area contributed by atoms with E-state index in [0.717, 1.165) is 10.0 Å². The van der Waals surface area contributed by atoms with Crippen LogP contribution >= 0.6 is 15.9 Å². The molecular weight excluding hydrogens is 348 g/mol. The lowest BCUT2D eigenvalue weighted by Gasteiger charge is -2.09. The first kappa shape index (κ1) is 16.0. The van der Waals surface area contributed by atoms with Crippen molar-refractivity contribution in [3.63, 3.8) is 0 Å². The number of nitrogens with one attached hydrogen (secondary N) is 2.